The van der Waals surface area contributed by atoms with Crippen molar-refractivity contribution in [2.24, 2.45) is 0 Å². The average molecular weight is 332 g/mol. The SMILES string of the molecule is O=C(O)c1cccc([N+](=O)[O-])c1-c1c(C(=O)O)cccc1[N+](=O)[O-]. The van der Waals surface area contributed by atoms with Gasteiger partial charge in [0, 0.05) is 12.1 Å². The van der Waals surface area contributed by atoms with Crippen LogP contribution in [-0.4, -0.2) is 32.0 Å². The minimum atomic E-state index is -1.58. The second-order valence-electron chi connectivity index (χ2n) is 4.52. The number of hydrogen-bond acceptors (Lipinski definition) is 6. The topological polar surface area (TPSA) is 161 Å². The van der Waals surface area contributed by atoms with Crippen LogP contribution in [0.15, 0.2) is 36.4 Å². The van der Waals surface area contributed by atoms with Crippen LogP contribution in [0.25, 0.3) is 11.1 Å². The molecule has 0 unspecified atom stereocenters. The molecule has 0 aromatic heterocycles. The van der Waals surface area contributed by atoms with Crippen molar-refractivity contribution in [3.05, 3.63) is 67.8 Å². The lowest BCUT2D eigenvalue weighted by atomic mass is 9.92. The van der Waals surface area contributed by atoms with Gasteiger partial charge in [0.1, 0.15) is 0 Å². The monoisotopic (exact) mass is 332 g/mol. The molecule has 0 aliphatic rings. The fourth-order valence-electron chi connectivity index (χ4n) is 2.27. The predicted molar refractivity (Wildman–Crippen MR) is 79.1 cm³/mol. The highest BCUT2D eigenvalue weighted by Crippen LogP contribution is 2.41. The van der Waals surface area contributed by atoms with Gasteiger partial charge in [0.15, 0.2) is 0 Å². The molecule has 2 N–H and O–H groups in total. The van der Waals surface area contributed by atoms with Crippen molar-refractivity contribution >= 4 is 23.3 Å². The van der Waals surface area contributed by atoms with Gasteiger partial charge >= 0.3 is 11.9 Å². The molecule has 0 saturated heterocycles. The Morgan fingerprint density at radius 1 is 0.750 bits per heavy atom. The van der Waals surface area contributed by atoms with Gasteiger partial charge in [-0.1, -0.05) is 12.1 Å². The molecule has 122 valence electrons. The van der Waals surface area contributed by atoms with Crippen LogP contribution in [0.2, 0.25) is 0 Å². The van der Waals surface area contributed by atoms with E-state index in [1.165, 1.54) is 0 Å². The van der Waals surface area contributed by atoms with Crippen LogP contribution in [0.1, 0.15) is 20.7 Å². The van der Waals surface area contributed by atoms with Gasteiger partial charge in [0.25, 0.3) is 11.4 Å². The summed E-state index contributed by atoms with van der Waals surface area (Å²) in [5.74, 6) is -3.16. The van der Waals surface area contributed by atoms with E-state index in [2.05, 4.69) is 0 Å². The van der Waals surface area contributed by atoms with E-state index in [9.17, 15) is 40.0 Å². The Balaban J connectivity index is 3.06. The fourth-order valence-corrected chi connectivity index (χ4v) is 2.27. The van der Waals surface area contributed by atoms with E-state index in [1.807, 2.05) is 0 Å². The van der Waals surface area contributed by atoms with E-state index >= 15 is 0 Å². The zero-order valence-electron chi connectivity index (χ0n) is 11.7. The lowest BCUT2D eigenvalue weighted by Gasteiger charge is -2.10. The number of carboxylic acid groups (broad SMARTS) is 2. The summed E-state index contributed by atoms with van der Waals surface area (Å²) in [6.07, 6.45) is 0. The van der Waals surface area contributed by atoms with Crippen LogP contribution >= 0.6 is 0 Å². The van der Waals surface area contributed by atoms with Crippen molar-refractivity contribution in [3.63, 3.8) is 0 Å². The number of aromatic carboxylic acids is 2. The van der Waals surface area contributed by atoms with Crippen molar-refractivity contribution in [2.75, 3.05) is 0 Å². The third-order valence-corrected chi connectivity index (χ3v) is 3.19. The normalized spacial score (nSPS) is 10.2. The lowest BCUT2D eigenvalue weighted by molar-refractivity contribution is -0.386. The minimum absolute atomic E-state index is 0.610. The second-order valence-corrected chi connectivity index (χ2v) is 4.52. The zero-order valence-corrected chi connectivity index (χ0v) is 11.7. The maximum atomic E-state index is 11.4. The molecule has 0 fully saturated rings. The molecule has 0 bridgehead atoms. The zero-order chi connectivity index (χ0) is 18.0. The first-order chi connectivity index (χ1) is 11.3. The number of rotatable bonds is 5. The Hall–Kier alpha value is -3.82. The smallest absolute Gasteiger partial charge is 0.336 e. The number of nitrogens with zero attached hydrogens (tertiary/aromatic N) is 2. The third-order valence-electron chi connectivity index (χ3n) is 3.19. The van der Waals surface area contributed by atoms with Crippen molar-refractivity contribution in [3.8, 4) is 11.1 Å². The first kappa shape index (κ1) is 16.5. The Morgan fingerprint density at radius 3 is 1.33 bits per heavy atom. The first-order valence-corrected chi connectivity index (χ1v) is 6.27. The van der Waals surface area contributed by atoms with Gasteiger partial charge in [-0.3, -0.25) is 20.2 Å². The lowest BCUT2D eigenvalue weighted by Crippen LogP contribution is -2.08. The molecule has 10 heteroatoms. The van der Waals surface area contributed by atoms with E-state index in [1.54, 1.807) is 0 Å². The molecule has 2 aromatic carbocycles. The van der Waals surface area contributed by atoms with Gasteiger partial charge < -0.3 is 10.2 Å². The number of carbonyl (C=O) groups is 2. The van der Waals surface area contributed by atoms with E-state index in [0.29, 0.717) is 0 Å². The summed E-state index contributed by atoms with van der Waals surface area (Å²) in [7, 11) is 0. The van der Waals surface area contributed by atoms with Crippen molar-refractivity contribution < 1.29 is 29.6 Å². The van der Waals surface area contributed by atoms with Crippen LogP contribution in [0.3, 0.4) is 0 Å². The van der Waals surface area contributed by atoms with Gasteiger partial charge in [0.2, 0.25) is 0 Å². The standard InChI is InChI=1S/C14H8N2O8/c17-13(18)7-3-1-5-9(15(21)22)11(7)12-8(14(19)20)4-2-6-10(12)16(23)24/h1-6H,(H,17,18)(H,19,20). The van der Waals surface area contributed by atoms with Gasteiger partial charge in [-0.15, -0.1) is 0 Å². The maximum Gasteiger partial charge on any atom is 0.336 e. The third kappa shape index (κ3) is 2.75. The molecule has 0 amide bonds. The molecule has 2 aromatic rings. The minimum Gasteiger partial charge on any atom is -0.478 e. The molecule has 2 rings (SSSR count). The van der Waals surface area contributed by atoms with Crippen molar-refractivity contribution in [1.29, 1.82) is 0 Å². The molecular weight excluding hydrogens is 324 g/mol. The molecular formula is C14H8N2O8. The Bertz CT molecular complexity index is 752. The number of nitro groups is 2. The van der Waals surface area contributed by atoms with Gasteiger partial charge in [-0.25, -0.2) is 9.59 Å². The van der Waals surface area contributed by atoms with E-state index in [-0.39, 0.29) is 0 Å². The van der Waals surface area contributed by atoms with Crippen LogP contribution in [-0.2, 0) is 0 Å². The van der Waals surface area contributed by atoms with Gasteiger partial charge in [0.05, 0.1) is 32.1 Å². The summed E-state index contributed by atoms with van der Waals surface area (Å²) >= 11 is 0. The molecule has 10 nitrogen and oxygen atoms in total. The summed E-state index contributed by atoms with van der Waals surface area (Å²) in [5, 5.41) is 41.0. The summed E-state index contributed by atoms with van der Waals surface area (Å²) in [4.78, 5) is 43.4. The highest BCUT2D eigenvalue weighted by atomic mass is 16.6. The summed E-state index contributed by atoms with van der Waals surface area (Å²) in [6, 6.07) is 6.11. The van der Waals surface area contributed by atoms with E-state index in [4.69, 9.17) is 0 Å². The van der Waals surface area contributed by atoms with Crippen molar-refractivity contribution in [2.45, 2.75) is 0 Å². The van der Waals surface area contributed by atoms with Gasteiger partial charge in [-0.05, 0) is 12.1 Å². The fraction of sp³-hybridized carbons (Fsp3) is 0. The Kier molecular flexibility index (Phi) is 4.22. The molecule has 0 radical (unpaired) electrons. The van der Waals surface area contributed by atoms with Crippen molar-refractivity contribution in [1.82, 2.24) is 0 Å². The molecule has 0 aliphatic carbocycles. The summed E-state index contributed by atoms with van der Waals surface area (Å²) < 4.78 is 0. The van der Waals surface area contributed by atoms with Crippen LogP contribution in [0.4, 0.5) is 11.4 Å². The predicted octanol–water partition coefficient (Wildman–Crippen LogP) is 2.57. The largest absolute Gasteiger partial charge is 0.478 e. The Labute approximate surface area is 132 Å². The molecule has 0 saturated carbocycles. The molecule has 0 heterocycles. The van der Waals surface area contributed by atoms with Crippen LogP contribution in [0, 0.1) is 20.2 Å². The van der Waals surface area contributed by atoms with Crippen LogP contribution < -0.4 is 0 Å². The number of benzene rings is 2. The average Bonchev–Trinajstić information content (AvgIpc) is 2.52. The number of hydrogen-bond donors (Lipinski definition) is 2. The number of carboxylic acids is 2. The Morgan fingerprint density at radius 2 is 1.08 bits per heavy atom. The highest BCUT2D eigenvalue weighted by molar-refractivity contribution is 6.06. The first-order valence-electron chi connectivity index (χ1n) is 6.27. The van der Waals surface area contributed by atoms with Crippen LogP contribution in [0.5, 0.6) is 0 Å². The highest BCUT2D eigenvalue weighted by Gasteiger charge is 2.32. The molecule has 0 aliphatic heterocycles. The maximum absolute atomic E-state index is 11.4. The van der Waals surface area contributed by atoms with E-state index < -0.39 is 55.4 Å². The van der Waals surface area contributed by atoms with Gasteiger partial charge in [-0.2, -0.15) is 0 Å². The van der Waals surface area contributed by atoms with E-state index in [0.717, 1.165) is 36.4 Å². The molecule has 24 heavy (non-hydrogen) atoms. The number of nitro benzene ring substituents is 2. The summed E-state index contributed by atoms with van der Waals surface area (Å²) in [5.41, 5.74) is -3.96. The molecule has 0 atom stereocenters. The molecule has 0 spiro atoms. The quantitative estimate of drug-likeness (QED) is 0.623. The summed E-state index contributed by atoms with van der Waals surface area (Å²) in [6.45, 7) is 0. The second kappa shape index (κ2) is 6.12.